The molecule has 2 fully saturated rings. The van der Waals surface area contributed by atoms with E-state index in [9.17, 15) is 9.18 Å². The molecule has 0 spiro atoms. The molecule has 1 amide bonds. The van der Waals surface area contributed by atoms with Crippen molar-refractivity contribution < 1.29 is 18.7 Å². The van der Waals surface area contributed by atoms with Crippen LogP contribution in [0.4, 0.5) is 4.39 Å². The van der Waals surface area contributed by atoms with E-state index < -0.39 is 0 Å². The summed E-state index contributed by atoms with van der Waals surface area (Å²) in [7, 11) is 0. The number of thiophene rings is 1. The van der Waals surface area contributed by atoms with Crippen molar-refractivity contribution in [1.29, 1.82) is 0 Å². The first-order valence-electron chi connectivity index (χ1n) is 9.70. The minimum atomic E-state index is -0.289. The monoisotopic (exact) mass is 404 g/mol. The Kier molecular flexibility index (Phi) is 6.24. The second-order valence-corrected chi connectivity index (χ2v) is 8.16. The molecule has 4 rings (SSSR count). The number of ether oxygens (including phenoxy) is 2. The number of nitrogens with zero attached hydrogens (tertiary/aromatic N) is 2. The van der Waals surface area contributed by atoms with Gasteiger partial charge >= 0.3 is 0 Å². The first kappa shape index (κ1) is 19.4. The number of carbonyl (C=O) groups is 1. The van der Waals surface area contributed by atoms with E-state index in [1.807, 2.05) is 4.90 Å². The van der Waals surface area contributed by atoms with Crippen LogP contribution in [-0.2, 0) is 16.1 Å². The number of morpholine rings is 1. The normalized spacial score (nSPS) is 21.8. The van der Waals surface area contributed by atoms with Crippen LogP contribution in [0.3, 0.4) is 0 Å². The summed E-state index contributed by atoms with van der Waals surface area (Å²) in [5, 5.41) is 4.31. The van der Waals surface area contributed by atoms with Gasteiger partial charge in [-0.3, -0.25) is 9.69 Å². The Bertz CT molecular complexity index is 760. The first-order valence-corrected chi connectivity index (χ1v) is 10.6. The van der Waals surface area contributed by atoms with E-state index in [0.717, 1.165) is 32.5 Å². The van der Waals surface area contributed by atoms with E-state index in [1.165, 1.54) is 17.7 Å². The van der Waals surface area contributed by atoms with E-state index in [2.05, 4.69) is 21.7 Å². The summed E-state index contributed by atoms with van der Waals surface area (Å²) in [5.74, 6) is 0.382. The van der Waals surface area contributed by atoms with E-state index in [4.69, 9.17) is 9.47 Å². The summed E-state index contributed by atoms with van der Waals surface area (Å²) in [5.41, 5.74) is 1.36. The Morgan fingerprint density at radius 1 is 1.18 bits per heavy atom. The fourth-order valence-corrected chi connectivity index (χ4v) is 4.51. The summed E-state index contributed by atoms with van der Waals surface area (Å²) < 4.78 is 24.3. The molecule has 3 heterocycles. The zero-order valence-electron chi connectivity index (χ0n) is 15.8. The highest BCUT2D eigenvalue weighted by molar-refractivity contribution is 7.07. The summed E-state index contributed by atoms with van der Waals surface area (Å²) in [6.45, 7) is 4.00. The lowest BCUT2D eigenvalue weighted by Gasteiger charge is -2.42. The van der Waals surface area contributed by atoms with Crippen LogP contribution in [0.1, 0.15) is 18.4 Å². The van der Waals surface area contributed by atoms with Crippen LogP contribution in [0.2, 0.25) is 0 Å². The highest BCUT2D eigenvalue weighted by atomic mass is 32.1. The lowest BCUT2D eigenvalue weighted by molar-refractivity contribution is -0.155. The Morgan fingerprint density at radius 2 is 1.96 bits per heavy atom. The minimum Gasteiger partial charge on any atom is -0.491 e. The Labute approximate surface area is 168 Å². The molecule has 0 saturated carbocycles. The van der Waals surface area contributed by atoms with Crippen molar-refractivity contribution in [3.63, 3.8) is 0 Å². The lowest BCUT2D eigenvalue weighted by Crippen LogP contribution is -2.55. The van der Waals surface area contributed by atoms with Gasteiger partial charge in [0.2, 0.25) is 5.91 Å². The molecular weight excluding hydrogens is 379 g/mol. The van der Waals surface area contributed by atoms with Crippen molar-refractivity contribution in [2.75, 3.05) is 32.8 Å². The molecule has 150 valence electrons. The standard InChI is InChI=1S/C21H25FN2O3S/c22-17-1-3-19(4-2-17)26-13-20-12-24(21(25)14-27-20)18-5-8-23(9-6-18)11-16-7-10-28-15-16/h1-4,7,10,15,18,20H,5-6,8-9,11-14H2. The maximum atomic E-state index is 13.0. The Morgan fingerprint density at radius 3 is 2.68 bits per heavy atom. The number of likely N-dealkylation sites (tertiary alicyclic amines) is 1. The molecule has 1 aromatic carbocycles. The SMILES string of the molecule is O=C1COC(COc2ccc(F)cc2)CN1C1CCN(Cc2ccsc2)CC1. The summed E-state index contributed by atoms with van der Waals surface area (Å²) in [6.07, 6.45) is 1.81. The Balaban J connectivity index is 1.26. The number of hydrogen-bond donors (Lipinski definition) is 0. The molecule has 2 aliphatic rings. The van der Waals surface area contributed by atoms with Crippen LogP contribution in [0, 0.1) is 5.82 Å². The Hall–Kier alpha value is -1.96. The molecule has 5 nitrogen and oxygen atoms in total. The number of hydrogen-bond acceptors (Lipinski definition) is 5. The van der Waals surface area contributed by atoms with E-state index in [0.29, 0.717) is 18.9 Å². The molecule has 2 saturated heterocycles. The van der Waals surface area contributed by atoms with Crippen molar-refractivity contribution in [1.82, 2.24) is 9.80 Å². The molecule has 7 heteroatoms. The second kappa shape index (κ2) is 9.03. The third-order valence-electron chi connectivity index (χ3n) is 5.40. The molecule has 0 aliphatic carbocycles. The van der Waals surface area contributed by atoms with Gasteiger partial charge in [0.25, 0.3) is 0 Å². The highest BCUT2D eigenvalue weighted by Crippen LogP contribution is 2.22. The van der Waals surface area contributed by atoms with Crippen molar-refractivity contribution in [3.05, 3.63) is 52.5 Å². The van der Waals surface area contributed by atoms with Gasteiger partial charge in [-0.25, -0.2) is 4.39 Å². The third-order valence-corrected chi connectivity index (χ3v) is 6.13. The van der Waals surface area contributed by atoms with Gasteiger partial charge in [-0.05, 0) is 59.5 Å². The number of rotatable bonds is 6. The number of piperidine rings is 1. The molecule has 1 unspecified atom stereocenters. The van der Waals surface area contributed by atoms with Crippen LogP contribution in [0.25, 0.3) is 0 Å². The van der Waals surface area contributed by atoms with Gasteiger partial charge in [0, 0.05) is 25.7 Å². The highest BCUT2D eigenvalue weighted by Gasteiger charge is 2.33. The zero-order valence-corrected chi connectivity index (χ0v) is 16.6. The fourth-order valence-electron chi connectivity index (χ4n) is 3.85. The number of amides is 1. The van der Waals surface area contributed by atoms with Crippen molar-refractivity contribution in [3.8, 4) is 5.75 Å². The van der Waals surface area contributed by atoms with Gasteiger partial charge in [0.1, 0.15) is 30.9 Å². The maximum absolute atomic E-state index is 13.0. The van der Waals surface area contributed by atoms with Crippen LogP contribution >= 0.6 is 11.3 Å². The van der Waals surface area contributed by atoms with Crippen molar-refractivity contribution >= 4 is 17.2 Å². The largest absolute Gasteiger partial charge is 0.491 e. The molecular formula is C21H25FN2O3S. The van der Waals surface area contributed by atoms with Gasteiger partial charge < -0.3 is 14.4 Å². The summed E-state index contributed by atoms with van der Waals surface area (Å²) in [4.78, 5) is 16.8. The summed E-state index contributed by atoms with van der Waals surface area (Å²) in [6, 6.07) is 8.39. The molecule has 2 aliphatic heterocycles. The molecule has 1 atom stereocenters. The maximum Gasteiger partial charge on any atom is 0.248 e. The van der Waals surface area contributed by atoms with E-state index in [1.54, 1.807) is 23.5 Å². The van der Waals surface area contributed by atoms with Crippen LogP contribution < -0.4 is 4.74 Å². The van der Waals surface area contributed by atoms with Gasteiger partial charge in [-0.1, -0.05) is 0 Å². The predicted molar refractivity (Wildman–Crippen MR) is 106 cm³/mol. The number of benzene rings is 1. The van der Waals surface area contributed by atoms with E-state index in [-0.39, 0.29) is 30.5 Å². The quantitative estimate of drug-likeness (QED) is 0.742. The van der Waals surface area contributed by atoms with Gasteiger partial charge in [-0.15, -0.1) is 0 Å². The van der Waals surface area contributed by atoms with Gasteiger partial charge in [0.15, 0.2) is 0 Å². The number of halogens is 1. The molecule has 2 aromatic rings. The average Bonchev–Trinajstić information content (AvgIpc) is 3.22. The fraction of sp³-hybridized carbons (Fsp3) is 0.476. The first-order chi connectivity index (χ1) is 13.7. The van der Waals surface area contributed by atoms with Crippen LogP contribution in [0.5, 0.6) is 5.75 Å². The lowest BCUT2D eigenvalue weighted by atomic mass is 10.0. The van der Waals surface area contributed by atoms with Gasteiger partial charge in [-0.2, -0.15) is 11.3 Å². The molecule has 28 heavy (non-hydrogen) atoms. The minimum absolute atomic E-state index is 0.0642. The smallest absolute Gasteiger partial charge is 0.248 e. The average molecular weight is 405 g/mol. The molecule has 1 aromatic heterocycles. The van der Waals surface area contributed by atoms with Crippen molar-refractivity contribution in [2.24, 2.45) is 0 Å². The van der Waals surface area contributed by atoms with Crippen LogP contribution in [0.15, 0.2) is 41.1 Å². The summed E-state index contributed by atoms with van der Waals surface area (Å²) >= 11 is 1.73. The van der Waals surface area contributed by atoms with Gasteiger partial charge in [0.05, 0.1) is 6.54 Å². The molecule has 0 N–H and O–H groups in total. The number of carbonyl (C=O) groups excluding carboxylic acids is 1. The van der Waals surface area contributed by atoms with Crippen molar-refractivity contribution in [2.45, 2.75) is 31.5 Å². The van der Waals surface area contributed by atoms with Crippen LogP contribution in [-0.4, -0.2) is 60.7 Å². The molecule has 0 radical (unpaired) electrons. The van der Waals surface area contributed by atoms with E-state index >= 15 is 0 Å². The predicted octanol–water partition coefficient (Wildman–Crippen LogP) is 3.16. The third kappa shape index (κ3) is 4.90. The zero-order chi connectivity index (χ0) is 19.3. The topological polar surface area (TPSA) is 42.0 Å². The second-order valence-electron chi connectivity index (χ2n) is 7.38. The molecule has 0 bridgehead atoms.